The molecule has 1 N–H and O–H groups in total. The largest absolute Gasteiger partial charge is 0.322 e. The van der Waals surface area contributed by atoms with Gasteiger partial charge in [0.1, 0.15) is 11.0 Å². The number of hydrogen-bond acceptors (Lipinski definition) is 3. The van der Waals surface area contributed by atoms with Crippen LogP contribution in [0.3, 0.4) is 0 Å². The first-order valence-corrected chi connectivity index (χ1v) is 10.3. The van der Waals surface area contributed by atoms with Gasteiger partial charge in [-0.1, -0.05) is 45.0 Å². The Morgan fingerprint density at radius 3 is 2.20 bits per heavy atom. The van der Waals surface area contributed by atoms with E-state index in [-0.39, 0.29) is 5.91 Å². The third-order valence-electron chi connectivity index (χ3n) is 5.39. The average molecular weight is 399 g/mol. The molecule has 5 heteroatoms. The quantitative estimate of drug-likeness (QED) is 0.471. The molecule has 0 aliphatic rings. The highest BCUT2D eigenvalue weighted by Gasteiger charge is 2.12. The molecule has 0 fully saturated rings. The molecule has 3 aromatic carbocycles. The van der Waals surface area contributed by atoms with Crippen molar-refractivity contribution in [2.75, 3.05) is 5.32 Å². The van der Waals surface area contributed by atoms with Gasteiger partial charge in [-0.15, -0.1) is 10.2 Å². The molecule has 1 heterocycles. The summed E-state index contributed by atoms with van der Waals surface area (Å²) < 4.78 is 0. The molecule has 30 heavy (non-hydrogen) atoms. The molecule has 1 amide bonds. The Labute approximate surface area is 176 Å². The van der Waals surface area contributed by atoms with Crippen molar-refractivity contribution in [1.82, 2.24) is 15.0 Å². The van der Waals surface area contributed by atoms with Crippen molar-refractivity contribution >= 4 is 22.6 Å². The van der Waals surface area contributed by atoms with Gasteiger partial charge < -0.3 is 5.32 Å². The van der Waals surface area contributed by atoms with Crippen LogP contribution >= 0.6 is 0 Å². The fraction of sp³-hybridized carbons (Fsp3) is 0.240. The number of nitrogens with zero attached hydrogens (tertiary/aromatic N) is 3. The van der Waals surface area contributed by atoms with Crippen molar-refractivity contribution in [3.8, 4) is 5.69 Å². The molecular weight excluding hydrogens is 372 g/mol. The number of carbonyl (C=O) groups is 1. The van der Waals surface area contributed by atoms with E-state index in [4.69, 9.17) is 0 Å². The topological polar surface area (TPSA) is 59.8 Å². The Morgan fingerprint density at radius 1 is 0.967 bits per heavy atom. The summed E-state index contributed by atoms with van der Waals surface area (Å²) in [6, 6.07) is 19.8. The average Bonchev–Trinajstić information content (AvgIpc) is 3.16. The van der Waals surface area contributed by atoms with Gasteiger partial charge in [-0.2, -0.15) is 4.80 Å². The summed E-state index contributed by atoms with van der Waals surface area (Å²) in [5.74, 6) is 0.354. The Balaban J connectivity index is 1.60. The van der Waals surface area contributed by atoms with Crippen LogP contribution in [0, 0.1) is 6.92 Å². The molecule has 1 aromatic heterocycles. The molecule has 0 unspecified atom stereocenters. The lowest BCUT2D eigenvalue weighted by Gasteiger charge is -2.08. The zero-order valence-electron chi connectivity index (χ0n) is 17.8. The summed E-state index contributed by atoms with van der Waals surface area (Å²) in [5.41, 5.74) is 7.27. The molecule has 0 bridgehead atoms. The molecule has 152 valence electrons. The zero-order valence-corrected chi connectivity index (χ0v) is 17.8. The molecule has 0 aliphatic carbocycles. The Kier molecular flexibility index (Phi) is 5.36. The normalized spacial score (nSPS) is 11.2. The van der Waals surface area contributed by atoms with E-state index in [0.29, 0.717) is 11.5 Å². The number of aryl methyl sites for hydroxylation is 2. The van der Waals surface area contributed by atoms with E-state index in [0.717, 1.165) is 34.4 Å². The minimum atomic E-state index is -0.128. The molecule has 0 saturated carbocycles. The zero-order chi connectivity index (χ0) is 21.3. The van der Waals surface area contributed by atoms with Gasteiger partial charge in [0.05, 0.1) is 5.69 Å². The monoisotopic (exact) mass is 398 g/mol. The van der Waals surface area contributed by atoms with Gasteiger partial charge in [0, 0.05) is 11.3 Å². The summed E-state index contributed by atoms with van der Waals surface area (Å²) >= 11 is 0. The van der Waals surface area contributed by atoms with Crippen molar-refractivity contribution in [3.05, 3.63) is 82.9 Å². The van der Waals surface area contributed by atoms with Crippen molar-refractivity contribution in [2.24, 2.45) is 0 Å². The van der Waals surface area contributed by atoms with Gasteiger partial charge in [-0.25, -0.2) is 0 Å². The number of aromatic nitrogens is 3. The van der Waals surface area contributed by atoms with Gasteiger partial charge in [-0.05, 0) is 72.4 Å². The number of anilines is 1. The van der Waals surface area contributed by atoms with Gasteiger partial charge in [0.15, 0.2) is 0 Å². The number of fused-ring (bicyclic) bond motifs is 1. The Morgan fingerprint density at radius 2 is 1.60 bits per heavy atom. The lowest BCUT2D eigenvalue weighted by Crippen LogP contribution is -2.12. The molecule has 5 nitrogen and oxygen atoms in total. The van der Waals surface area contributed by atoms with E-state index in [1.807, 2.05) is 55.5 Å². The fourth-order valence-electron chi connectivity index (χ4n) is 3.40. The molecule has 4 rings (SSSR count). The van der Waals surface area contributed by atoms with Crippen LogP contribution in [-0.2, 0) is 6.42 Å². The van der Waals surface area contributed by atoms with Crippen LogP contribution in [0.1, 0.15) is 53.7 Å². The summed E-state index contributed by atoms with van der Waals surface area (Å²) in [4.78, 5) is 14.3. The van der Waals surface area contributed by atoms with Gasteiger partial charge in [0.25, 0.3) is 5.91 Å². The maximum atomic E-state index is 12.7. The molecule has 0 aliphatic heterocycles. The van der Waals surface area contributed by atoms with Crippen molar-refractivity contribution in [2.45, 2.75) is 40.0 Å². The highest BCUT2D eigenvalue weighted by molar-refractivity contribution is 6.05. The number of rotatable bonds is 5. The first kappa shape index (κ1) is 19.8. The summed E-state index contributed by atoms with van der Waals surface area (Å²) in [7, 11) is 0. The number of amides is 1. The molecule has 0 saturated heterocycles. The molecular formula is C25H26N4O. The molecule has 0 spiro atoms. The lowest BCUT2D eigenvalue weighted by atomic mass is 10.0. The number of benzene rings is 3. The van der Waals surface area contributed by atoms with E-state index in [2.05, 4.69) is 48.4 Å². The fourth-order valence-corrected chi connectivity index (χ4v) is 3.40. The van der Waals surface area contributed by atoms with E-state index < -0.39 is 0 Å². The van der Waals surface area contributed by atoms with Crippen LogP contribution < -0.4 is 5.32 Å². The third kappa shape index (κ3) is 3.96. The third-order valence-corrected chi connectivity index (χ3v) is 5.39. The van der Waals surface area contributed by atoms with Crippen LogP contribution in [0.15, 0.2) is 60.7 Å². The van der Waals surface area contributed by atoms with Crippen molar-refractivity contribution < 1.29 is 4.79 Å². The highest BCUT2D eigenvalue weighted by atomic mass is 16.1. The van der Waals surface area contributed by atoms with Crippen molar-refractivity contribution in [3.63, 3.8) is 0 Å². The predicted octanol–water partition coefficient (Wildman–Crippen LogP) is 5.67. The SMILES string of the molecule is CCc1ccc(C(=O)Nc2cc3nn(-c4ccc(C(C)C)cc4)nc3cc2C)cc1. The highest BCUT2D eigenvalue weighted by Crippen LogP contribution is 2.23. The van der Waals surface area contributed by atoms with Gasteiger partial charge in [0.2, 0.25) is 0 Å². The number of carbonyl (C=O) groups excluding carboxylic acids is 1. The maximum Gasteiger partial charge on any atom is 0.255 e. The Hall–Kier alpha value is -3.47. The minimum absolute atomic E-state index is 0.128. The Bertz CT molecular complexity index is 1190. The molecule has 0 atom stereocenters. The van der Waals surface area contributed by atoms with Crippen LogP contribution in [-0.4, -0.2) is 20.9 Å². The maximum absolute atomic E-state index is 12.7. The first-order valence-electron chi connectivity index (χ1n) is 10.3. The van der Waals surface area contributed by atoms with Crippen LogP contribution in [0.2, 0.25) is 0 Å². The summed E-state index contributed by atoms with van der Waals surface area (Å²) in [6.07, 6.45) is 0.952. The van der Waals surface area contributed by atoms with Crippen molar-refractivity contribution in [1.29, 1.82) is 0 Å². The molecule has 4 aromatic rings. The van der Waals surface area contributed by atoms with Crippen LogP contribution in [0.5, 0.6) is 0 Å². The van der Waals surface area contributed by atoms with E-state index in [1.165, 1.54) is 11.1 Å². The number of nitrogens with one attached hydrogen (secondary N) is 1. The van der Waals surface area contributed by atoms with E-state index >= 15 is 0 Å². The number of hydrogen-bond donors (Lipinski definition) is 1. The van der Waals surface area contributed by atoms with Gasteiger partial charge >= 0.3 is 0 Å². The summed E-state index contributed by atoms with van der Waals surface area (Å²) in [6.45, 7) is 8.41. The smallest absolute Gasteiger partial charge is 0.255 e. The second kappa shape index (κ2) is 8.11. The van der Waals surface area contributed by atoms with Crippen LogP contribution in [0.25, 0.3) is 16.7 Å². The lowest BCUT2D eigenvalue weighted by molar-refractivity contribution is 0.102. The van der Waals surface area contributed by atoms with Gasteiger partial charge in [-0.3, -0.25) is 4.79 Å². The first-order chi connectivity index (χ1) is 14.4. The molecule has 0 radical (unpaired) electrons. The second-order valence-electron chi connectivity index (χ2n) is 7.90. The standard InChI is InChI=1S/C25H26N4O/c1-5-18-6-8-20(9-7-18)25(30)26-22-15-24-23(14-17(22)4)27-29(28-24)21-12-10-19(11-13-21)16(2)3/h6-16H,5H2,1-4H3,(H,26,30). The van der Waals surface area contributed by atoms with Crippen LogP contribution in [0.4, 0.5) is 5.69 Å². The van der Waals surface area contributed by atoms with E-state index in [9.17, 15) is 4.79 Å². The minimum Gasteiger partial charge on any atom is -0.322 e. The van der Waals surface area contributed by atoms with E-state index in [1.54, 1.807) is 4.80 Å². The predicted molar refractivity (Wildman–Crippen MR) is 121 cm³/mol. The second-order valence-corrected chi connectivity index (χ2v) is 7.90. The summed E-state index contributed by atoms with van der Waals surface area (Å²) in [5, 5.41) is 12.2.